The fourth-order valence-corrected chi connectivity index (χ4v) is 4.74. The smallest absolute Gasteiger partial charge is 0.419 e. The van der Waals surface area contributed by atoms with E-state index in [0.717, 1.165) is 15.6 Å². The minimum atomic E-state index is -4.84. The summed E-state index contributed by atoms with van der Waals surface area (Å²) in [7, 11) is -4.29. The summed E-state index contributed by atoms with van der Waals surface area (Å²) in [5, 5.41) is 12.3. The highest BCUT2D eigenvalue weighted by atomic mass is 32.2. The molecular weight excluding hydrogens is 461 g/mol. The number of nitrogens with zero attached hydrogens (tertiary/aromatic N) is 1. The zero-order valence-electron chi connectivity index (χ0n) is 18.3. The van der Waals surface area contributed by atoms with Gasteiger partial charge in [0, 0.05) is 11.5 Å². The molecule has 0 spiro atoms. The standard InChI is InChI=1S/C22H23F3N2O5S/c1-13-5-7-16(8-6-13)33(30,31)27-15(12-26-20(29)32-21(2,3)4)9-14-10-17(22(23,24)25)19(28)11-18(14)27/h5-11,28H,12H2,1-4H3,(H,26,29). The maximum atomic E-state index is 13.4. The van der Waals surface area contributed by atoms with Crippen molar-refractivity contribution in [3.63, 3.8) is 0 Å². The molecule has 178 valence electrons. The number of carbonyl (C=O) groups is 1. The fourth-order valence-electron chi connectivity index (χ4n) is 3.20. The molecule has 3 rings (SSSR count). The van der Waals surface area contributed by atoms with Crippen molar-refractivity contribution in [2.24, 2.45) is 0 Å². The van der Waals surface area contributed by atoms with E-state index >= 15 is 0 Å². The Hall–Kier alpha value is -3.21. The van der Waals surface area contributed by atoms with Crippen molar-refractivity contribution in [1.82, 2.24) is 9.29 Å². The first-order valence-electron chi connectivity index (χ1n) is 9.83. The minimum absolute atomic E-state index is 0.0184. The van der Waals surface area contributed by atoms with Crippen molar-refractivity contribution < 1.29 is 36.2 Å². The van der Waals surface area contributed by atoms with Crippen molar-refractivity contribution in [2.75, 3.05) is 0 Å². The lowest BCUT2D eigenvalue weighted by Gasteiger charge is -2.20. The summed E-state index contributed by atoms with van der Waals surface area (Å²) in [5.74, 6) is -1.11. The number of benzene rings is 2. The molecule has 2 aromatic carbocycles. The van der Waals surface area contributed by atoms with Crippen molar-refractivity contribution >= 4 is 27.0 Å². The molecule has 1 amide bonds. The first-order chi connectivity index (χ1) is 15.1. The fraction of sp³-hybridized carbons (Fsp3) is 0.318. The molecule has 1 heterocycles. The molecule has 11 heteroatoms. The second-order valence-corrected chi connectivity index (χ2v) is 10.3. The Kier molecular flexibility index (Phi) is 6.14. The molecule has 0 aliphatic rings. The van der Waals surface area contributed by atoms with Gasteiger partial charge >= 0.3 is 12.3 Å². The van der Waals surface area contributed by atoms with Crippen LogP contribution in [0.5, 0.6) is 5.75 Å². The summed E-state index contributed by atoms with van der Waals surface area (Å²) in [6.07, 6.45) is -5.67. The van der Waals surface area contributed by atoms with E-state index in [2.05, 4.69) is 5.32 Å². The summed E-state index contributed by atoms with van der Waals surface area (Å²) >= 11 is 0. The molecule has 0 saturated heterocycles. The maximum absolute atomic E-state index is 13.4. The summed E-state index contributed by atoms with van der Waals surface area (Å²) in [5.41, 5.74) is -1.48. The number of aromatic nitrogens is 1. The molecule has 0 aliphatic carbocycles. The predicted octanol–water partition coefficient (Wildman–Crippen LogP) is 4.94. The van der Waals surface area contributed by atoms with Gasteiger partial charge in [-0.05, 0) is 52.0 Å². The van der Waals surface area contributed by atoms with Gasteiger partial charge in [-0.25, -0.2) is 17.2 Å². The van der Waals surface area contributed by atoms with Gasteiger partial charge in [-0.1, -0.05) is 17.7 Å². The van der Waals surface area contributed by atoms with Crippen LogP contribution in [0.3, 0.4) is 0 Å². The van der Waals surface area contributed by atoms with Crippen molar-refractivity contribution in [1.29, 1.82) is 0 Å². The topological polar surface area (TPSA) is 97.6 Å². The zero-order chi connectivity index (χ0) is 24.8. The molecule has 0 saturated carbocycles. The molecule has 0 bridgehead atoms. The van der Waals surface area contributed by atoms with E-state index in [0.29, 0.717) is 6.07 Å². The van der Waals surface area contributed by atoms with Gasteiger partial charge in [0.15, 0.2) is 0 Å². The van der Waals surface area contributed by atoms with Crippen LogP contribution in [0.2, 0.25) is 0 Å². The van der Waals surface area contributed by atoms with E-state index in [4.69, 9.17) is 4.74 Å². The Morgan fingerprint density at radius 1 is 1.09 bits per heavy atom. The summed E-state index contributed by atoms with van der Waals surface area (Å²) in [6, 6.07) is 8.53. The highest BCUT2D eigenvalue weighted by molar-refractivity contribution is 7.90. The van der Waals surface area contributed by atoms with Crippen LogP contribution in [0.15, 0.2) is 47.4 Å². The van der Waals surface area contributed by atoms with Crippen LogP contribution >= 0.6 is 0 Å². The summed E-state index contributed by atoms with van der Waals surface area (Å²) in [4.78, 5) is 12.0. The molecule has 3 aromatic rings. The van der Waals surface area contributed by atoms with Crippen LogP contribution in [0.4, 0.5) is 18.0 Å². The van der Waals surface area contributed by atoms with E-state index < -0.39 is 39.2 Å². The van der Waals surface area contributed by atoms with Crippen molar-refractivity contribution in [3.8, 4) is 5.75 Å². The lowest BCUT2D eigenvalue weighted by molar-refractivity contribution is -0.138. The van der Waals surface area contributed by atoms with E-state index in [1.54, 1.807) is 39.8 Å². The number of alkyl halides is 3. The van der Waals surface area contributed by atoms with Crippen molar-refractivity contribution in [2.45, 2.75) is 50.9 Å². The van der Waals surface area contributed by atoms with Gasteiger partial charge in [-0.15, -0.1) is 0 Å². The van der Waals surface area contributed by atoms with Crippen LogP contribution in [-0.2, 0) is 27.5 Å². The number of aryl methyl sites for hydroxylation is 1. The van der Waals surface area contributed by atoms with E-state index in [-0.39, 0.29) is 28.0 Å². The molecule has 7 nitrogen and oxygen atoms in total. The second-order valence-electron chi connectivity index (χ2n) is 8.50. The number of ether oxygens (including phenoxy) is 1. The molecule has 0 atom stereocenters. The number of hydrogen-bond acceptors (Lipinski definition) is 5. The van der Waals surface area contributed by atoms with Crippen molar-refractivity contribution in [3.05, 3.63) is 59.3 Å². The Bertz CT molecular complexity index is 1310. The predicted molar refractivity (Wildman–Crippen MR) is 115 cm³/mol. The number of phenolic OH excluding ortho intramolecular Hbond substituents is 1. The molecule has 33 heavy (non-hydrogen) atoms. The Morgan fingerprint density at radius 2 is 1.70 bits per heavy atom. The Morgan fingerprint density at radius 3 is 2.24 bits per heavy atom. The normalized spacial score (nSPS) is 12.7. The monoisotopic (exact) mass is 484 g/mol. The lowest BCUT2D eigenvalue weighted by Crippen LogP contribution is -2.33. The summed E-state index contributed by atoms with van der Waals surface area (Å²) in [6.45, 7) is 6.36. The second kappa shape index (κ2) is 8.29. The molecule has 0 fully saturated rings. The van der Waals surface area contributed by atoms with Crippen LogP contribution < -0.4 is 5.32 Å². The first kappa shape index (κ1) is 24.4. The number of nitrogens with one attached hydrogen (secondary N) is 1. The van der Waals surface area contributed by atoms with Gasteiger partial charge in [-0.3, -0.25) is 0 Å². The van der Waals surface area contributed by atoms with Gasteiger partial charge < -0.3 is 15.2 Å². The zero-order valence-corrected chi connectivity index (χ0v) is 19.1. The number of rotatable bonds is 4. The molecular formula is C22H23F3N2O5S. The maximum Gasteiger partial charge on any atom is 0.419 e. The average molecular weight is 484 g/mol. The van der Waals surface area contributed by atoms with Gasteiger partial charge in [-0.2, -0.15) is 13.2 Å². The third-order valence-corrected chi connectivity index (χ3v) is 6.40. The quantitative estimate of drug-likeness (QED) is 0.547. The third kappa shape index (κ3) is 5.24. The van der Waals surface area contributed by atoms with E-state index in [1.165, 1.54) is 18.2 Å². The van der Waals surface area contributed by atoms with Crippen LogP contribution in [0.25, 0.3) is 10.9 Å². The van der Waals surface area contributed by atoms with Crippen LogP contribution in [0.1, 0.15) is 37.6 Å². The molecule has 2 N–H and O–H groups in total. The summed E-state index contributed by atoms with van der Waals surface area (Å²) < 4.78 is 72.6. The largest absolute Gasteiger partial charge is 0.507 e. The molecule has 0 unspecified atom stereocenters. The lowest BCUT2D eigenvalue weighted by atomic mass is 10.1. The van der Waals surface area contributed by atoms with Gasteiger partial charge in [0.25, 0.3) is 10.0 Å². The van der Waals surface area contributed by atoms with Crippen LogP contribution in [-0.4, -0.2) is 29.2 Å². The number of phenols is 1. The Balaban J connectivity index is 2.17. The average Bonchev–Trinajstić information content (AvgIpc) is 3.02. The van der Waals surface area contributed by atoms with Gasteiger partial charge in [0.1, 0.15) is 11.4 Å². The molecule has 0 radical (unpaired) electrons. The van der Waals surface area contributed by atoms with Crippen LogP contribution in [0, 0.1) is 6.92 Å². The number of halogens is 3. The number of carbonyl (C=O) groups excluding carboxylic acids is 1. The Labute approximate surface area is 188 Å². The van der Waals surface area contributed by atoms with E-state index in [1.807, 2.05) is 0 Å². The first-order valence-corrected chi connectivity index (χ1v) is 11.3. The minimum Gasteiger partial charge on any atom is -0.507 e. The number of amides is 1. The number of alkyl carbamates (subject to hydrolysis) is 1. The third-order valence-electron chi connectivity index (χ3n) is 4.62. The molecule has 1 aromatic heterocycles. The number of hydrogen-bond donors (Lipinski definition) is 2. The molecule has 0 aliphatic heterocycles. The van der Waals surface area contributed by atoms with E-state index in [9.17, 15) is 31.5 Å². The highest BCUT2D eigenvalue weighted by Crippen LogP contribution is 2.39. The van der Waals surface area contributed by atoms with Gasteiger partial charge in [0.2, 0.25) is 0 Å². The SMILES string of the molecule is Cc1ccc(S(=O)(=O)n2c(CNC(=O)OC(C)(C)C)cc3cc(C(F)(F)F)c(O)cc32)cc1. The number of aromatic hydroxyl groups is 1. The highest BCUT2D eigenvalue weighted by Gasteiger charge is 2.35. The van der Waals surface area contributed by atoms with Gasteiger partial charge in [0.05, 0.1) is 28.2 Å². The number of fused-ring (bicyclic) bond motifs is 1.